The van der Waals surface area contributed by atoms with Crippen LogP contribution in [0.1, 0.15) is 34.4 Å². The van der Waals surface area contributed by atoms with Crippen molar-refractivity contribution in [3.05, 3.63) is 94.0 Å². The van der Waals surface area contributed by atoms with Crippen molar-refractivity contribution in [3.8, 4) is 17.9 Å². The van der Waals surface area contributed by atoms with E-state index in [9.17, 15) is 10.4 Å². The molecule has 3 aromatic rings. The van der Waals surface area contributed by atoms with Crippen LogP contribution in [0.15, 0.2) is 66.7 Å². The Labute approximate surface area is 215 Å². The number of nitrogens with zero attached hydrogens (tertiary/aromatic N) is 4. The number of β-amino-alcohol motifs (C(OH)–C–C–N with tert-alkyl or cyclic N) is 1. The molecule has 0 aromatic heterocycles. The number of hydrogen-bond acceptors (Lipinski definition) is 7. The standard InChI is InChI=1S/C28H27ClN4O3/c29-24-7-5-21(6-8-24)27-18-32(19-28(35)22-3-1-20(16-30)2-4-22)11-12-33(27)26-10-9-25(36-14-13-34)15-23(26)17-31/h1-10,15,27-28,34-35H,11-14,18-19H2/t27-,28+/m0/s1. The molecule has 1 fully saturated rings. The van der Waals surface area contributed by atoms with Crippen molar-refractivity contribution in [2.45, 2.75) is 12.1 Å². The van der Waals surface area contributed by atoms with E-state index in [-0.39, 0.29) is 19.3 Å². The van der Waals surface area contributed by atoms with Gasteiger partial charge in [0.1, 0.15) is 18.4 Å². The zero-order chi connectivity index (χ0) is 25.5. The largest absolute Gasteiger partial charge is 0.491 e. The van der Waals surface area contributed by atoms with E-state index in [1.165, 1.54) is 0 Å². The number of hydrogen-bond donors (Lipinski definition) is 2. The van der Waals surface area contributed by atoms with Gasteiger partial charge in [0.05, 0.1) is 41.6 Å². The van der Waals surface area contributed by atoms with Gasteiger partial charge in [-0.3, -0.25) is 4.90 Å². The fraction of sp³-hybridized carbons (Fsp3) is 0.286. The molecular formula is C28H27ClN4O3. The molecule has 36 heavy (non-hydrogen) atoms. The van der Waals surface area contributed by atoms with E-state index in [0.717, 1.165) is 16.8 Å². The summed E-state index contributed by atoms with van der Waals surface area (Å²) in [7, 11) is 0. The van der Waals surface area contributed by atoms with E-state index >= 15 is 0 Å². The zero-order valence-corrected chi connectivity index (χ0v) is 20.5. The summed E-state index contributed by atoms with van der Waals surface area (Å²) < 4.78 is 5.49. The first-order valence-electron chi connectivity index (χ1n) is 11.7. The molecule has 0 spiro atoms. The third kappa shape index (κ3) is 5.96. The van der Waals surface area contributed by atoms with Gasteiger partial charge in [0.15, 0.2) is 0 Å². The average molecular weight is 503 g/mol. The fourth-order valence-electron chi connectivity index (χ4n) is 4.50. The summed E-state index contributed by atoms with van der Waals surface area (Å²) in [5.41, 5.74) is 3.69. The van der Waals surface area contributed by atoms with Gasteiger partial charge < -0.3 is 19.8 Å². The number of anilines is 1. The number of halogens is 1. The van der Waals surface area contributed by atoms with Gasteiger partial charge in [-0.25, -0.2) is 0 Å². The summed E-state index contributed by atoms with van der Waals surface area (Å²) in [6.45, 7) is 2.51. The minimum atomic E-state index is -0.687. The zero-order valence-electron chi connectivity index (χ0n) is 19.7. The Hall–Kier alpha value is -3.59. The lowest BCUT2D eigenvalue weighted by Crippen LogP contribution is -2.49. The Kier molecular flexibility index (Phi) is 8.43. The number of aliphatic hydroxyl groups is 2. The van der Waals surface area contributed by atoms with Crippen molar-refractivity contribution in [2.24, 2.45) is 0 Å². The van der Waals surface area contributed by atoms with Crippen LogP contribution in [0, 0.1) is 22.7 Å². The highest BCUT2D eigenvalue weighted by atomic mass is 35.5. The van der Waals surface area contributed by atoms with Crippen LogP contribution < -0.4 is 9.64 Å². The van der Waals surface area contributed by atoms with Gasteiger partial charge in [-0.2, -0.15) is 10.5 Å². The maximum absolute atomic E-state index is 10.9. The van der Waals surface area contributed by atoms with Crippen LogP contribution in [0.3, 0.4) is 0 Å². The molecular weight excluding hydrogens is 476 g/mol. The van der Waals surface area contributed by atoms with Crippen molar-refractivity contribution in [3.63, 3.8) is 0 Å². The first-order chi connectivity index (χ1) is 17.5. The van der Waals surface area contributed by atoms with E-state index in [4.69, 9.17) is 26.7 Å². The van der Waals surface area contributed by atoms with Crippen LogP contribution in [0.4, 0.5) is 5.69 Å². The molecule has 0 unspecified atom stereocenters. The predicted molar refractivity (Wildman–Crippen MR) is 138 cm³/mol. The lowest BCUT2D eigenvalue weighted by Gasteiger charge is -2.44. The molecule has 2 N–H and O–H groups in total. The van der Waals surface area contributed by atoms with E-state index in [1.54, 1.807) is 30.3 Å². The predicted octanol–water partition coefficient (Wildman–Crippen LogP) is 4.05. The maximum Gasteiger partial charge on any atom is 0.120 e. The third-order valence-corrected chi connectivity index (χ3v) is 6.58. The highest BCUT2D eigenvalue weighted by molar-refractivity contribution is 6.30. The number of benzene rings is 3. The highest BCUT2D eigenvalue weighted by Gasteiger charge is 2.31. The van der Waals surface area contributed by atoms with E-state index < -0.39 is 6.10 Å². The Bertz CT molecular complexity index is 1250. The second-order valence-electron chi connectivity index (χ2n) is 8.63. The van der Waals surface area contributed by atoms with Crippen LogP contribution in [0.25, 0.3) is 0 Å². The molecule has 8 heteroatoms. The average Bonchev–Trinajstić information content (AvgIpc) is 2.92. The smallest absolute Gasteiger partial charge is 0.120 e. The topological polar surface area (TPSA) is 104 Å². The summed E-state index contributed by atoms with van der Waals surface area (Å²) >= 11 is 6.15. The quantitative estimate of drug-likeness (QED) is 0.479. The lowest BCUT2D eigenvalue weighted by atomic mass is 9.99. The van der Waals surface area contributed by atoms with Crippen LogP contribution in [-0.2, 0) is 0 Å². The molecule has 7 nitrogen and oxygen atoms in total. The second-order valence-corrected chi connectivity index (χ2v) is 9.07. The number of aliphatic hydroxyl groups excluding tert-OH is 2. The highest BCUT2D eigenvalue weighted by Crippen LogP contribution is 2.35. The van der Waals surface area contributed by atoms with Crippen LogP contribution in [0.5, 0.6) is 5.75 Å². The molecule has 0 saturated carbocycles. The van der Waals surface area contributed by atoms with Crippen LogP contribution in [0.2, 0.25) is 5.02 Å². The summed E-state index contributed by atoms with van der Waals surface area (Å²) in [6.07, 6.45) is -0.687. The van der Waals surface area contributed by atoms with Gasteiger partial charge in [0.25, 0.3) is 0 Å². The van der Waals surface area contributed by atoms with E-state index in [0.29, 0.717) is 48.1 Å². The molecule has 1 aliphatic rings. The molecule has 1 saturated heterocycles. The SMILES string of the molecule is N#Cc1ccc([C@H](O)CN2CCN(c3ccc(OCCO)cc3C#N)[C@H](c3ccc(Cl)cc3)C2)cc1. The van der Waals surface area contributed by atoms with Crippen molar-refractivity contribution in [2.75, 3.05) is 44.3 Å². The summed E-state index contributed by atoms with van der Waals surface area (Å²) in [5, 5.41) is 39.4. The molecule has 0 bridgehead atoms. The summed E-state index contributed by atoms with van der Waals surface area (Å²) in [4.78, 5) is 4.42. The normalized spacial score (nSPS) is 16.7. The molecule has 3 aromatic carbocycles. The first-order valence-corrected chi connectivity index (χ1v) is 12.1. The summed E-state index contributed by atoms with van der Waals surface area (Å²) in [5.74, 6) is 0.538. The maximum atomic E-state index is 10.9. The van der Waals surface area contributed by atoms with Crippen molar-refractivity contribution in [1.29, 1.82) is 10.5 Å². The number of ether oxygens (including phenoxy) is 1. The minimum Gasteiger partial charge on any atom is -0.491 e. The molecule has 184 valence electrons. The second kappa shape index (κ2) is 11.9. The van der Waals surface area contributed by atoms with Crippen molar-refractivity contribution in [1.82, 2.24) is 4.90 Å². The van der Waals surface area contributed by atoms with Crippen molar-refractivity contribution >= 4 is 17.3 Å². The molecule has 0 aliphatic carbocycles. The van der Waals surface area contributed by atoms with Gasteiger partial charge in [-0.1, -0.05) is 35.9 Å². The molecule has 4 rings (SSSR count). The van der Waals surface area contributed by atoms with Crippen LogP contribution >= 0.6 is 11.6 Å². The monoisotopic (exact) mass is 502 g/mol. The molecule has 0 radical (unpaired) electrons. The van der Waals surface area contributed by atoms with Crippen LogP contribution in [-0.4, -0.2) is 54.5 Å². The molecule has 1 heterocycles. The van der Waals surface area contributed by atoms with Gasteiger partial charge >= 0.3 is 0 Å². The first kappa shape index (κ1) is 25.5. The number of nitriles is 2. The van der Waals surface area contributed by atoms with E-state index in [2.05, 4.69) is 21.9 Å². The Morgan fingerprint density at radius 3 is 2.42 bits per heavy atom. The molecule has 0 amide bonds. The van der Waals surface area contributed by atoms with Gasteiger partial charge in [-0.15, -0.1) is 0 Å². The number of rotatable bonds is 8. The van der Waals surface area contributed by atoms with Gasteiger partial charge in [0, 0.05) is 31.2 Å². The van der Waals surface area contributed by atoms with Crippen molar-refractivity contribution < 1.29 is 14.9 Å². The Morgan fingerprint density at radius 2 is 1.75 bits per heavy atom. The Morgan fingerprint density at radius 1 is 1.00 bits per heavy atom. The summed E-state index contributed by atoms with van der Waals surface area (Å²) in [6, 6.07) is 24.4. The Balaban J connectivity index is 1.58. The molecule has 2 atom stereocenters. The lowest BCUT2D eigenvalue weighted by molar-refractivity contribution is 0.100. The number of piperazine rings is 1. The molecule has 1 aliphatic heterocycles. The minimum absolute atomic E-state index is 0.0690. The van der Waals surface area contributed by atoms with Gasteiger partial charge in [-0.05, 0) is 53.6 Å². The van der Waals surface area contributed by atoms with E-state index in [1.807, 2.05) is 36.4 Å². The fourth-order valence-corrected chi connectivity index (χ4v) is 4.63. The van der Waals surface area contributed by atoms with Gasteiger partial charge in [0.2, 0.25) is 0 Å². The third-order valence-electron chi connectivity index (χ3n) is 6.33.